The fourth-order valence-corrected chi connectivity index (χ4v) is 2.54. The Labute approximate surface area is 96.9 Å². The average Bonchev–Trinajstić information content (AvgIpc) is 2.29. The minimum atomic E-state index is 0.746. The van der Waals surface area contributed by atoms with Crippen molar-refractivity contribution in [2.45, 2.75) is 44.4 Å². The van der Waals surface area contributed by atoms with E-state index < -0.39 is 0 Å². The first-order chi connectivity index (χ1) is 7.93. The van der Waals surface area contributed by atoms with E-state index in [-0.39, 0.29) is 0 Å². The highest BCUT2D eigenvalue weighted by Crippen LogP contribution is 2.35. The Morgan fingerprint density at radius 3 is 2.19 bits per heavy atom. The first-order valence-electron chi connectivity index (χ1n) is 6.50. The van der Waals surface area contributed by atoms with Crippen LogP contribution < -0.4 is 4.90 Å². The summed E-state index contributed by atoms with van der Waals surface area (Å²) in [5.74, 6) is 1.68. The predicted octanol–water partition coefficient (Wildman–Crippen LogP) is 2.73. The maximum absolute atomic E-state index is 4.52. The Hall–Kier alpha value is -1.12. The molecule has 3 rings (SSSR count). The van der Waals surface area contributed by atoms with Crippen LogP contribution in [0.1, 0.15) is 50.0 Å². The summed E-state index contributed by atoms with van der Waals surface area (Å²) < 4.78 is 0. The number of anilines is 1. The second-order valence-corrected chi connectivity index (χ2v) is 4.99. The molecule has 2 fully saturated rings. The molecule has 0 atom stereocenters. The van der Waals surface area contributed by atoms with E-state index >= 15 is 0 Å². The summed E-state index contributed by atoms with van der Waals surface area (Å²) in [5.41, 5.74) is 1.34. The van der Waals surface area contributed by atoms with Crippen LogP contribution in [0.5, 0.6) is 0 Å². The molecule has 86 valence electrons. The van der Waals surface area contributed by atoms with Crippen molar-refractivity contribution >= 4 is 5.95 Å². The minimum absolute atomic E-state index is 0.746. The summed E-state index contributed by atoms with van der Waals surface area (Å²) in [4.78, 5) is 11.4. The minimum Gasteiger partial charge on any atom is -0.341 e. The van der Waals surface area contributed by atoms with Gasteiger partial charge in [0.2, 0.25) is 5.95 Å². The van der Waals surface area contributed by atoms with E-state index in [1.165, 1.54) is 44.1 Å². The molecule has 1 aromatic heterocycles. The van der Waals surface area contributed by atoms with Crippen LogP contribution in [0.15, 0.2) is 12.4 Å². The fraction of sp³-hybridized carbons (Fsp3) is 0.692. The van der Waals surface area contributed by atoms with E-state index in [1.807, 2.05) is 12.4 Å². The van der Waals surface area contributed by atoms with Gasteiger partial charge in [0.05, 0.1) is 0 Å². The molecule has 0 radical (unpaired) electrons. The molecule has 0 N–H and O–H groups in total. The van der Waals surface area contributed by atoms with Crippen LogP contribution in [0, 0.1) is 0 Å². The van der Waals surface area contributed by atoms with Gasteiger partial charge in [-0.3, -0.25) is 0 Å². The lowest BCUT2D eigenvalue weighted by Gasteiger charge is -2.28. The van der Waals surface area contributed by atoms with E-state index in [4.69, 9.17) is 0 Å². The molecule has 0 aromatic carbocycles. The topological polar surface area (TPSA) is 29.0 Å². The molecule has 0 bridgehead atoms. The monoisotopic (exact) mass is 217 g/mol. The molecule has 2 aliphatic rings. The van der Waals surface area contributed by atoms with Crippen LogP contribution in [0.3, 0.4) is 0 Å². The highest BCUT2D eigenvalue weighted by atomic mass is 15.2. The van der Waals surface area contributed by atoms with Gasteiger partial charge in [-0.05, 0) is 43.6 Å². The summed E-state index contributed by atoms with van der Waals surface area (Å²) >= 11 is 0. The lowest BCUT2D eigenvalue weighted by molar-refractivity contribution is 0.417. The third kappa shape index (κ3) is 1.91. The Kier molecular flexibility index (Phi) is 2.77. The number of hydrogen-bond acceptors (Lipinski definition) is 3. The van der Waals surface area contributed by atoms with Gasteiger partial charge in [0, 0.05) is 25.5 Å². The van der Waals surface area contributed by atoms with Gasteiger partial charge in [0.25, 0.3) is 0 Å². The molecule has 1 aromatic rings. The highest BCUT2D eigenvalue weighted by Gasteiger charge is 2.20. The van der Waals surface area contributed by atoms with Gasteiger partial charge in [0.15, 0.2) is 0 Å². The van der Waals surface area contributed by atoms with Gasteiger partial charge < -0.3 is 4.90 Å². The molecular weight excluding hydrogens is 198 g/mol. The summed E-state index contributed by atoms with van der Waals surface area (Å²) in [6, 6.07) is 0. The van der Waals surface area contributed by atoms with Crippen LogP contribution in [-0.4, -0.2) is 23.1 Å². The quantitative estimate of drug-likeness (QED) is 0.762. The second kappa shape index (κ2) is 4.40. The zero-order valence-electron chi connectivity index (χ0n) is 9.73. The smallest absolute Gasteiger partial charge is 0.225 e. The van der Waals surface area contributed by atoms with E-state index in [2.05, 4.69) is 14.9 Å². The predicted molar refractivity (Wildman–Crippen MR) is 64.7 cm³/mol. The molecule has 0 spiro atoms. The normalized spacial score (nSPS) is 21.9. The number of nitrogens with zero attached hydrogens (tertiary/aromatic N) is 3. The molecule has 1 saturated carbocycles. The van der Waals surface area contributed by atoms with Crippen molar-refractivity contribution in [3.63, 3.8) is 0 Å². The molecular formula is C13H19N3. The maximum atomic E-state index is 4.52. The number of piperidine rings is 1. The van der Waals surface area contributed by atoms with E-state index in [0.717, 1.165) is 25.0 Å². The van der Waals surface area contributed by atoms with Crippen molar-refractivity contribution in [3.8, 4) is 0 Å². The summed E-state index contributed by atoms with van der Waals surface area (Å²) in [6.45, 7) is 2.26. The third-order valence-electron chi connectivity index (χ3n) is 3.87. The summed E-state index contributed by atoms with van der Waals surface area (Å²) in [7, 11) is 0. The van der Waals surface area contributed by atoms with Crippen molar-refractivity contribution in [1.82, 2.24) is 9.97 Å². The number of hydrogen-bond donors (Lipinski definition) is 0. The molecule has 1 saturated heterocycles. The first kappa shape index (κ1) is 10.1. The standard InChI is InChI=1S/C13H19N3/c1-2-7-16(8-3-1)13-14-9-12(10-15-13)11-5-4-6-11/h9-11H,1-8H2. The lowest BCUT2D eigenvalue weighted by atomic mass is 9.81. The average molecular weight is 217 g/mol. The molecule has 1 aliphatic heterocycles. The van der Waals surface area contributed by atoms with E-state index in [1.54, 1.807) is 0 Å². The molecule has 0 amide bonds. The molecule has 2 heterocycles. The third-order valence-corrected chi connectivity index (χ3v) is 3.87. The van der Waals surface area contributed by atoms with Gasteiger partial charge in [0.1, 0.15) is 0 Å². The molecule has 1 aliphatic carbocycles. The van der Waals surface area contributed by atoms with E-state index in [0.29, 0.717) is 0 Å². The highest BCUT2D eigenvalue weighted by molar-refractivity contribution is 5.31. The zero-order chi connectivity index (χ0) is 10.8. The Morgan fingerprint density at radius 2 is 1.62 bits per heavy atom. The SMILES string of the molecule is c1nc(N2CCCCC2)ncc1C1CCC1. The van der Waals surface area contributed by atoms with Gasteiger partial charge >= 0.3 is 0 Å². The number of rotatable bonds is 2. The molecule has 3 nitrogen and oxygen atoms in total. The van der Waals surface area contributed by atoms with Crippen molar-refractivity contribution in [2.24, 2.45) is 0 Å². The molecule has 16 heavy (non-hydrogen) atoms. The number of aromatic nitrogens is 2. The molecule has 3 heteroatoms. The summed E-state index contributed by atoms with van der Waals surface area (Å²) in [5, 5.41) is 0. The maximum Gasteiger partial charge on any atom is 0.225 e. The van der Waals surface area contributed by atoms with Gasteiger partial charge in [-0.1, -0.05) is 6.42 Å². The zero-order valence-corrected chi connectivity index (χ0v) is 9.73. The van der Waals surface area contributed by atoms with Crippen LogP contribution in [-0.2, 0) is 0 Å². The van der Waals surface area contributed by atoms with Crippen molar-refractivity contribution in [3.05, 3.63) is 18.0 Å². The Bertz CT molecular complexity index is 337. The van der Waals surface area contributed by atoms with Gasteiger partial charge in [-0.15, -0.1) is 0 Å². The summed E-state index contributed by atoms with van der Waals surface area (Å²) in [6.07, 6.45) is 12.0. The molecule has 0 unspecified atom stereocenters. The Balaban J connectivity index is 1.70. The largest absolute Gasteiger partial charge is 0.341 e. The second-order valence-electron chi connectivity index (χ2n) is 4.99. The van der Waals surface area contributed by atoms with Gasteiger partial charge in [-0.2, -0.15) is 0 Å². The van der Waals surface area contributed by atoms with Crippen LogP contribution in [0.4, 0.5) is 5.95 Å². The van der Waals surface area contributed by atoms with Crippen molar-refractivity contribution < 1.29 is 0 Å². The lowest BCUT2D eigenvalue weighted by Crippen LogP contribution is -2.31. The van der Waals surface area contributed by atoms with E-state index in [9.17, 15) is 0 Å². The van der Waals surface area contributed by atoms with Crippen LogP contribution in [0.25, 0.3) is 0 Å². The van der Waals surface area contributed by atoms with Crippen LogP contribution in [0.2, 0.25) is 0 Å². The van der Waals surface area contributed by atoms with Crippen LogP contribution >= 0.6 is 0 Å². The first-order valence-corrected chi connectivity index (χ1v) is 6.50. The van der Waals surface area contributed by atoms with Crippen molar-refractivity contribution in [1.29, 1.82) is 0 Å². The van der Waals surface area contributed by atoms with Gasteiger partial charge in [-0.25, -0.2) is 9.97 Å². The van der Waals surface area contributed by atoms with Crippen molar-refractivity contribution in [2.75, 3.05) is 18.0 Å². The Morgan fingerprint density at radius 1 is 0.938 bits per heavy atom. The fourth-order valence-electron chi connectivity index (χ4n) is 2.54.